The summed E-state index contributed by atoms with van der Waals surface area (Å²) in [5.41, 5.74) is 0. The summed E-state index contributed by atoms with van der Waals surface area (Å²) in [6, 6.07) is 0. The van der Waals surface area contributed by atoms with Crippen LogP contribution in [-0.4, -0.2) is 23.8 Å². The fourth-order valence-corrected chi connectivity index (χ4v) is 1.01. The average Bonchev–Trinajstić information content (AvgIpc) is 2.02. The fraction of sp³-hybridized carbons (Fsp3) is 0.889. The highest BCUT2D eigenvalue weighted by Gasteiger charge is 2.13. The van der Waals surface area contributed by atoms with Crippen LogP contribution in [0, 0.1) is 5.92 Å². The molecule has 0 bridgehead atoms. The molecule has 0 saturated heterocycles. The molecule has 0 radical (unpaired) electrons. The Morgan fingerprint density at radius 1 is 1.58 bits per heavy atom. The normalized spacial score (nSPS) is 15.3. The van der Waals surface area contributed by atoms with Crippen LogP contribution in [0.15, 0.2) is 0 Å². The molecule has 0 aromatic carbocycles. The van der Waals surface area contributed by atoms with Crippen LogP contribution in [0.25, 0.3) is 0 Å². The van der Waals surface area contributed by atoms with E-state index >= 15 is 0 Å². The standard InChI is InChI=1S/C9H18O3/c1-4-7(2)5-9(6-10)12-8(3)11/h7,9-10H,4-6H2,1-3H3. The number of hydrogen-bond donors (Lipinski definition) is 1. The molecule has 0 aliphatic heterocycles. The van der Waals surface area contributed by atoms with Crippen LogP contribution in [0.3, 0.4) is 0 Å². The average molecular weight is 174 g/mol. The van der Waals surface area contributed by atoms with Crippen molar-refractivity contribution in [2.24, 2.45) is 5.92 Å². The second-order valence-corrected chi connectivity index (χ2v) is 3.16. The molecule has 1 N–H and O–H groups in total. The van der Waals surface area contributed by atoms with Crippen molar-refractivity contribution in [1.82, 2.24) is 0 Å². The Kier molecular flexibility index (Phi) is 5.72. The van der Waals surface area contributed by atoms with Gasteiger partial charge in [-0.25, -0.2) is 0 Å². The van der Waals surface area contributed by atoms with E-state index in [1.165, 1.54) is 6.92 Å². The van der Waals surface area contributed by atoms with E-state index in [9.17, 15) is 4.79 Å². The molecule has 3 nitrogen and oxygen atoms in total. The molecule has 3 heteroatoms. The monoisotopic (exact) mass is 174 g/mol. The molecule has 0 amide bonds. The van der Waals surface area contributed by atoms with E-state index in [1.54, 1.807) is 0 Å². The van der Waals surface area contributed by atoms with Gasteiger partial charge in [-0.1, -0.05) is 20.3 Å². The van der Waals surface area contributed by atoms with Crippen molar-refractivity contribution in [1.29, 1.82) is 0 Å². The molecule has 72 valence electrons. The van der Waals surface area contributed by atoms with Gasteiger partial charge in [-0.05, 0) is 12.3 Å². The third kappa shape index (κ3) is 5.13. The Hall–Kier alpha value is -0.570. The Bertz CT molecular complexity index is 134. The van der Waals surface area contributed by atoms with Gasteiger partial charge in [0.15, 0.2) is 0 Å². The summed E-state index contributed by atoms with van der Waals surface area (Å²) in [6.45, 7) is 5.43. The van der Waals surface area contributed by atoms with Crippen LogP contribution >= 0.6 is 0 Å². The Morgan fingerprint density at radius 3 is 2.50 bits per heavy atom. The number of esters is 1. The van der Waals surface area contributed by atoms with Gasteiger partial charge < -0.3 is 9.84 Å². The van der Waals surface area contributed by atoms with Crippen LogP contribution in [-0.2, 0) is 9.53 Å². The minimum atomic E-state index is -0.322. The lowest BCUT2D eigenvalue weighted by Gasteiger charge is -2.17. The van der Waals surface area contributed by atoms with E-state index in [-0.39, 0.29) is 18.7 Å². The van der Waals surface area contributed by atoms with Crippen LogP contribution in [0.1, 0.15) is 33.6 Å². The molecule has 2 atom stereocenters. The highest BCUT2D eigenvalue weighted by Crippen LogP contribution is 2.11. The lowest BCUT2D eigenvalue weighted by Crippen LogP contribution is -2.22. The van der Waals surface area contributed by atoms with E-state index in [2.05, 4.69) is 13.8 Å². The van der Waals surface area contributed by atoms with Crippen molar-refractivity contribution in [3.8, 4) is 0 Å². The predicted octanol–water partition coefficient (Wildman–Crippen LogP) is 1.35. The molecule has 0 aromatic rings. The third-order valence-electron chi connectivity index (χ3n) is 1.90. The maximum absolute atomic E-state index is 10.5. The molecule has 0 saturated carbocycles. The summed E-state index contributed by atoms with van der Waals surface area (Å²) in [4.78, 5) is 10.5. The van der Waals surface area contributed by atoms with Crippen LogP contribution in [0.2, 0.25) is 0 Å². The number of carbonyl (C=O) groups excluding carboxylic acids is 1. The fourth-order valence-electron chi connectivity index (χ4n) is 1.01. The summed E-state index contributed by atoms with van der Waals surface area (Å²) < 4.78 is 4.88. The van der Waals surface area contributed by atoms with E-state index in [0.717, 1.165) is 12.8 Å². The quantitative estimate of drug-likeness (QED) is 0.640. The molecule has 0 rings (SSSR count). The zero-order valence-electron chi connectivity index (χ0n) is 8.04. The zero-order valence-corrected chi connectivity index (χ0v) is 8.04. The Labute approximate surface area is 73.7 Å². The van der Waals surface area contributed by atoms with Gasteiger partial charge in [-0.3, -0.25) is 4.79 Å². The summed E-state index contributed by atoms with van der Waals surface area (Å²) >= 11 is 0. The van der Waals surface area contributed by atoms with Crippen molar-refractivity contribution in [2.45, 2.75) is 39.7 Å². The molecule has 2 unspecified atom stereocenters. The van der Waals surface area contributed by atoms with Gasteiger partial charge in [0.1, 0.15) is 6.10 Å². The summed E-state index contributed by atoms with van der Waals surface area (Å²) in [6.07, 6.45) is 1.46. The molecule has 0 aromatic heterocycles. The van der Waals surface area contributed by atoms with Gasteiger partial charge in [0.05, 0.1) is 6.61 Å². The summed E-state index contributed by atoms with van der Waals surface area (Å²) in [5, 5.41) is 8.84. The maximum atomic E-state index is 10.5. The van der Waals surface area contributed by atoms with Crippen LogP contribution < -0.4 is 0 Å². The molecule has 0 fully saturated rings. The second-order valence-electron chi connectivity index (χ2n) is 3.16. The van der Waals surface area contributed by atoms with Crippen molar-refractivity contribution in [2.75, 3.05) is 6.61 Å². The molecular weight excluding hydrogens is 156 g/mol. The van der Waals surface area contributed by atoms with Gasteiger partial charge in [-0.2, -0.15) is 0 Å². The first-order valence-electron chi connectivity index (χ1n) is 4.38. The number of hydrogen-bond acceptors (Lipinski definition) is 3. The highest BCUT2D eigenvalue weighted by molar-refractivity contribution is 5.66. The Balaban J connectivity index is 3.74. The van der Waals surface area contributed by atoms with E-state index in [4.69, 9.17) is 9.84 Å². The molecule has 0 aliphatic carbocycles. The van der Waals surface area contributed by atoms with Crippen molar-refractivity contribution < 1.29 is 14.6 Å². The smallest absolute Gasteiger partial charge is 0.302 e. The minimum absolute atomic E-state index is 0.0794. The Morgan fingerprint density at radius 2 is 2.17 bits per heavy atom. The first-order chi connectivity index (χ1) is 5.60. The molecular formula is C9H18O3. The molecule has 0 heterocycles. The second kappa shape index (κ2) is 6.00. The number of ether oxygens (including phenoxy) is 1. The van der Waals surface area contributed by atoms with Gasteiger partial charge in [0, 0.05) is 6.92 Å². The van der Waals surface area contributed by atoms with Crippen LogP contribution in [0.5, 0.6) is 0 Å². The minimum Gasteiger partial charge on any atom is -0.460 e. The zero-order chi connectivity index (χ0) is 9.56. The SMILES string of the molecule is CCC(C)CC(CO)OC(C)=O. The summed E-state index contributed by atoms with van der Waals surface area (Å²) in [7, 11) is 0. The maximum Gasteiger partial charge on any atom is 0.302 e. The number of rotatable bonds is 5. The van der Waals surface area contributed by atoms with Gasteiger partial charge in [0.2, 0.25) is 0 Å². The first-order valence-corrected chi connectivity index (χ1v) is 4.38. The molecule has 0 spiro atoms. The number of carbonyl (C=O) groups is 1. The number of aliphatic hydroxyl groups is 1. The topological polar surface area (TPSA) is 46.5 Å². The van der Waals surface area contributed by atoms with Gasteiger partial charge in [-0.15, -0.1) is 0 Å². The lowest BCUT2D eigenvalue weighted by atomic mass is 10.0. The van der Waals surface area contributed by atoms with Gasteiger partial charge >= 0.3 is 5.97 Å². The first kappa shape index (κ1) is 11.4. The number of aliphatic hydroxyl groups excluding tert-OH is 1. The largest absolute Gasteiger partial charge is 0.460 e. The highest BCUT2D eigenvalue weighted by atomic mass is 16.5. The summed E-state index contributed by atoms with van der Waals surface area (Å²) in [5.74, 6) is 0.166. The lowest BCUT2D eigenvalue weighted by molar-refractivity contribution is -0.149. The van der Waals surface area contributed by atoms with E-state index in [0.29, 0.717) is 5.92 Å². The third-order valence-corrected chi connectivity index (χ3v) is 1.90. The van der Waals surface area contributed by atoms with E-state index < -0.39 is 0 Å². The van der Waals surface area contributed by atoms with Crippen molar-refractivity contribution >= 4 is 5.97 Å². The molecule has 0 aliphatic rings. The van der Waals surface area contributed by atoms with Gasteiger partial charge in [0.25, 0.3) is 0 Å². The molecule has 12 heavy (non-hydrogen) atoms. The van der Waals surface area contributed by atoms with Crippen molar-refractivity contribution in [3.63, 3.8) is 0 Å². The van der Waals surface area contributed by atoms with E-state index in [1.807, 2.05) is 0 Å². The van der Waals surface area contributed by atoms with Crippen LogP contribution in [0.4, 0.5) is 0 Å². The van der Waals surface area contributed by atoms with Crippen molar-refractivity contribution in [3.05, 3.63) is 0 Å². The predicted molar refractivity (Wildman–Crippen MR) is 46.7 cm³/mol.